The summed E-state index contributed by atoms with van der Waals surface area (Å²) in [5.41, 5.74) is 1.99. The number of nitrogens with zero attached hydrogens (tertiary/aromatic N) is 3. The molecule has 126 valence electrons. The Kier molecular flexibility index (Phi) is 5.52. The fraction of sp³-hybridized carbons (Fsp3) is 0.500. The molecule has 1 aromatic heterocycles. The highest BCUT2D eigenvalue weighted by molar-refractivity contribution is 7.18. The number of aromatic nitrogens is 1. The second kappa shape index (κ2) is 7.81. The molecule has 0 aliphatic heterocycles. The normalized spacial score (nSPS) is 15.4. The van der Waals surface area contributed by atoms with Crippen molar-refractivity contribution in [3.63, 3.8) is 0 Å². The molecular formula is C20H26N3S+. The van der Waals surface area contributed by atoms with Gasteiger partial charge >= 0.3 is 0 Å². The third-order valence-corrected chi connectivity index (χ3v) is 5.96. The second-order valence-electron chi connectivity index (χ2n) is 6.96. The number of fused-ring (bicyclic) bond motifs is 1. The Labute approximate surface area is 148 Å². The lowest BCUT2D eigenvalue weighted by Gasteiger charge is -2.06. The van der Waals surface area contributed by atoms with E-state index in [1.54, 1.807) is 11.3 Å². The Morgan fingerprint density at radius 3 is 2.83 bits per heavy atom. The third-order valence-electron chi connectivity index (χ3n) is 4.84. The predicted octanol–water partition coefficient (Wildman–Crippen LogP) is 4.56. The van der Waals surface area contributed by atoms with Gasteiger partial charge in [-0.05, 0) is 24.5 Å². The average molecular weight is 341 g/mol. The van der Waals surface area contributed by atoms with Gasteiger partial charge in [0.25, 0.3) is 5.01 Å². The molecule has 0 N–H and O–H groups in total. The minimum atomic E-state index is 0.741. The monoisotopic (exact) mass is 340 g/mol. The summed E-state index contributed by atoms with van der Waals surface area (Å²) in [6.45, 7) is 1.06. The number of benzene rings is 1. The van der Waals surface area contributed by atoms with E-state index in [1.165, 1.54) is 53.7 Å². The molecule has 0 bridgehead atoms. The molecule has 0 amide bonds. The van der Waals surface area contributed by atoms with Gasteiger partial charge in [-0.3, -0.25) is 0 Å². The molecule has 1 heterocycles. The van der Waals surface area contributed by atoms with Crippen molar-refractivity contribution in [3.05, 3.63) is 35.0 Å². The zero-order chi connectivity index (χ0) is 16.9. The van der Waals surface area contributed by atoms with Crippen molar-refractivity contribution in [2.24, 2.45) is 5.92 Å². The predicted molar refractivity (Wildman–Crippen MR) is 101 cm³/mol. The van der Waals surface area contributed by atoms with E-state index in [9.17, 15) is 0 Å². The van der Waals surface area contributed by atoms with Crippen LogP contribution in [-0.4, -0.2) is 19.0 Å². The van der Waals surface area contributed by atoms with Crippen molar-refractivity contribution in [2.45, 2.75) is 45.1 Å². The zero-order valence-electron chi connectivity index (χ0n) is 14.7. The lowest BCUT2D eigenvalue weighted by Crippen LogP contribution is -2.35. The number of aryl methyl sites for hydroxylation is 1. The topological polar surface area (TPSA) is 30.9 Å². The summed E-state index contributed by atoms with van der Waals surface area (Å²) in [6.07, 6.45) is 12.6. The molecule has 0 unspecified atom stereocenters. The van der Waals surface area contributed by atoms with Crippen LogP contribution in [-0.2, 0) is 6.54 Å². The molecule has 3 nitrogen and oxygen atoms in total. The minimum Gasteiger partial charge on any atom is -0.383 e. The van der Waals surface area contributed by atoms with Gasteiger partial charge in [0.05, 0.1) is 11.6 Å². The lowest BCUT2D eigenvalue weighted by atomic mass is 10.0. The van der Waals surface area contributed by atoms with Gasteiger partial charge in [0.15, 0.2) is 6.54 Å². The summed E-state index contributed by atoms with van der Waals surface area (Å²) >= 11 is 1.78. The molecule has 0 saturated heterocycles. The first-order chi connectivity index (χ1) is 11.7. The Balaban J connectivity index is 1.84. The van der Waals surface area contributed by atoms with Crippen LogP contribution >= 0.6 is 11.3 Å². The van der Waals surface area contributed by atoms with E-state index >= 15 is 0 Å². The molecule has 0 atom stereocenters. The van der Waals surface area contributed by atoms with Crippen LogP contribution in [0.2, 0.25) is 0 Å². The number of thiazole rings is 1. The number of hydrogen-bond acceptors (Lipinski definition) is 3. The van der Waals surface area contributed by atoms with Crippen molar-refractivity contribution < 1.29 is 4.57 Å². The maximum atomic E-state index is 9.14. The first-order valence-electron chi connectivity index (χ1n) is 8.88. The van der Waals surface area contributed by atoms with E-state index < -0.39 is 0 Å². The van der Waals surface area contributed by atoms with Crippen LogP contribution in [0.1, 0.15) is 49.1 Å². The van der Waals surface area contributed by atoms with Crippen LogP contribution in [0.15, 0.2) is 24.4 Å². The molecule has 1 saturated carbocycles. The largest absolute Gasteiger partial charge is 0.383 e. The van der Waals surface area contributed by atoms with Gasteiger partial charge in [0.1, 0.15) is 4.70 Å². The maximum Gasteiger partial charge on any atom is 0.264 e. The van der Waals surface area contributed by atoms with Crippen LogP contribution in [0, 0.1) is 17.2 Å². The summed E-state index contributed by atoms with van der Waals surface area (Å²) in [4.78, 5) is 2.06. The van der Waals surface area contributed by atoms with Crippen LogP contribution in [0.4, 0.5) is 0 Å². The first kappa shape index (κ1) is 17.0. The van der Waals surface area contributed by atoms with Gasteiger partial charge in [-0.2, -0.15) is 9.83 Å². The molecule has 1 fully saturated rings. The van der Waals surface area contributed by atoms with Crippen LogP contribution < -0.4 is 4.57 Å². The standard InChI is InChI=1S/C20H26N3S/c1-22(2)13-11-20-23(12-5-8-16-6-3-4-7-16)18-10-9-17(15-21)14-19(18)24-20/h9-11,13-14,16H,3-8,12H2,1-2H3/q+1. The molecule has 3 rings (SSSR count). The highest BCUT2D eigenvalue weighted by Gasteiger charge is 2.20. The van der Waals surface area contributed by atoms with Crippen molar-refractivity contribution in [3.8, 4) is 6.07 Å². The van der Waals surface area contributed by atoms with Gasteiger partial charge in [0.2, 0.25) is 5.52 Å². The van der Waals surface area contributed by atoms with Crippen LogP contribution in [0.25, 0.3) is 16.3 Å². The number of hydrogen-bond donors (Lipinski definition) is 0. The van der Waals surface area contributed by atoms with Gasteiger partial charge < -0.3 is 4.90 Å². The van der Waals surface area contributed by atoms with Crippen molar-refractivity contribution >= 4 is 27.6 Å². The van der Waals surface area contributed by atoms with Crippen LogP contribution in [0.3, 0.4) is 0 Å². The Bertz CT molecular complexity index is 761. The number of rotatable bonds is 6. The van der Waals surface area contributed by atoms with E-state index in [0.717, 1.165) is 18.0 Å². The molecule has 1 aliphatic rings. The van der Waals surface area contributed by atoms with Crippen molar-refractivity contribution in [1.82, 2.24) is 4.90 Å². The molecule has 1 aromatic carbocycles. The van der Waals surface area contributed by atoms with Gasteiger partial charge in [-0.1, -0.05) is 37.0 Å². The highest BCUT2D eigenvalue weighted by Crippen LogP contribution is 2.29. The number of nitriles is 1. The summed E-state index contributed by atoms with van der Waals surface area (Å²) in [7, 11) is 4.09. The molecule has 0 spiro atoms. The zero-order valence-corrected chi connectivity index (χ0v) is 15.5. The SMILES string of the molecule is CN(C)/C=C/c1sc2cc(C#N)ccc2[n+]1CCCC1CCCC1. The summed E-state index contributed by atoms with van der Waals surface area (Å²) < 4.78 is 3.63. The van der Waals surface area contributed by atoms with E-state index in [2.05, 4.69) is 33.9 Å². The molecule has 24 heavy (non-hydrogen) atoms. The highest BCUT2D eigenvalue weighted by atomic mass is 32.1. The van der Waals surface area contributed by atoms with Gasteiger partial charge in [-0.15, -0.1) is 0 Å². The van der Waals surface area contributed by atoms with E-state index in [-0.39, 0.29) is 0 Å². The van der Waals surface area contributed by atoms with Crippen molar-refractivity contribution in [1.29, 1.82) is 5.26 Å². The van der Waals surface area contributed by atoms with Gasteiger partial charge in [-0.25, -0.2) is 0 Å². The smallest absolute Gasteiger partial charge is 0.264 e. The van der Waals surface area contributed by atoms with Crippen molar-refractivity contribution in [2.75, 3.05) is 14.1 Å². The van der Waals surface area contributed by atoms with Gasteiger partial charge in [0, 0.05) is 38.9 Å². The second-order valence-corrected chi connectivity index (χ2v) is 8.02. The molecule has 2 aromatic rings. The first-order valence-corrected chi connectivity index (χ1v) is 9.70. The Hall–Kier alpha value is -1.86. The Morgan fingerprint density at radius 1 is 1.33 bits per heavy atom. The fourth-order valence-electron chi connectivity index (χ4n) is 3.58. The Morgan fingerprint density at radius 2 is 2.12 bits per heavy atom. The van der Waals surface area contributed by atoms with E-state index in [1.807, 2.05) is 26.2 Å². The summed E-state index contributed by atoms with van der Waals surface area (Å²) in [5.74, 6) is 0.946. The minimum absolute atomic E-state index is 0.741. The summed E-state index contributed by atoms with van der Waals surface area (Å²) in [5, 5.41) is 10.4. The van der Waals surface area contributed by atoms with E-state index in [4.69, 9.17) is 5.26 Å². The molecule has 4 heteroatoms. The molecule has 1 aliphatic carbocycles. The maximum absolute atomic E-state index is 9.14. The third kappa shape index (κ3) is 3.96. The average Bonchev–Trinajstić information content (AvgIpc) is 3.20. The summed E-state index contributed by atoms with van der Waals surface area (Å²) in [6, 6.07) is 8.30. The van der Waals surface area contributed by atoms with Crippen LogP contribution in [0.5, 0.6) is 0 Å². The lowest BCUT2D eigenvalue weighted by molar-refractivity contribution is -0.669. The molecular weight excluding hydrogens is 314 g/mol. The fourth-order valence-corrected chi connectivity index (χ4v) is 4.70. The quantitative estimate of drug-likeness (QED) is 0.722. The molecule has 0 radical (unpaired) electrons. The van der Waals surface area contributed by atoms with E-state index in [0.29, 0.717) is 0 Å².